The first kappa shape index (κ1) is 16.7. The average molecular weight is 341 g/mol. The fourth-order valence-electron chi connectivity index (χ4n) is 1.65. The van der Waals surface area contributed by atoms with Crippen LogP contribution in [0.1, 0.15) is 26.3 Å². The fourth-order valence-corrected chi connectivity index (χ4v) is 1.76. The summed E-state index contributed by atoms with van der Waals surface area (Å²) in [5.41, 5.74) is 1.73. The van der Waals surface area contributed by atoms with Crippen LogP contribution >= 0.6 is 15.9 Å². The molecular weight excluding hydrogens is 320 g/mol. The number of nitrogens with one attached hydrogen (secondary N) is 1. The Morgan fingerprint density at radius 3 is 2.55 bits per heavy atom. The highest BCUT2D eigenvalue weighted by Crippen LogP contribution is 2.17. The summed E-state index contributed by atoms with van der Waals surface area (Å²) in [5.74, 6) is 0.180. The van der Waals surface area contributed by atoms with Gasteiger partial charge in [-0.2, -0.15) is 0 Å². The Kier molecular flexibility index (Phi) is 6.20. The molecule has 2 amide bonds. The van der Waals surface area contributed by atoms with Gasteiger partial charge in [-0.1, -0.05) is 41.9 Å². The quantitative estimate of drug-likeness (QED) is 0.837. The number of amides is 2. The van der Waals surface area contributed by atoms with Gasteiger partial charge in [0.25, 0.3) is 0 Å². The third-order valence-corrected chi connectivity index (χ3v) is 4.46. The molecule has 0 heterocycles. The number of hydrogen-bond donors (Lipinski definition) is 1. The van der Waals surface area contributed by atoms with Crippen molar-refractivity contribution in [3.63, 3.8) is 0 Å². The van der Waals surface area contributed by atoms with Gasteiger partial charge in [0.2, 0.25) is 11.8 Å². The number of hydrogen-bond acceptors (Lipinski definition) is 2. The lowest BCUT2D eigenvalue weighted by molar-refractivity contribution is -0.128. The molecule has 0 aliphatic rings. The number of carbonyl (C=O) groups excluding carboxylic acids is 2. The summed E-state index contributed by atoms with van der Waals surface area (Å²) < 4.78 is 0. The Balaban J connectivity index is 2.73. The standard InChI is InChI=1S/C15H21BrN2O2/c1-10(2)14(16)15(20)17-13-7-5-6-12(8-13)9-18(4)11(3)19/h5-8,10,14H,9H2,1-4H3,(H,17,20). The number of rotatable bonds is 5. The maximum Gasteiger partial charge on any atom is 0.238 e. The molecule has 1 unspecified atom stereocenters. The van der Waals surface area contributed by atoms with Crippen LogP contribution in [-0.4, -0.2) is 28.6 Å². The first-order chi connectivity index (χ1) is 9.31. The minimum absolute atomic E-state index is 0.0137. The normalized spacial score (nSPS) is 12.1. The molecule has 0 radical (unpaired) electrons. The SMILES string of the molecule is CC(=O)N(C)Cc1cccc(NC(=O)C(Br)C(C)C)c1. The summed E-state index contributed by atoms with van der Waals surface area (Å²) in [5, 5.41) is 2.88. The molecule has 0 aliphatic carbocycles. The van der Waals surface area contributed by atoms with Crippen molar-refractivity contribution >= 4 is 33.4 Å². The molecule has 1 atom stereocenters. The Hall–Kier alpha value is -1.36. The zero-order valence-corrected chi connectivity index (χ0v) is 13.9. The summed E-state index contributed by atoms with van der Waals surface area (Å²) >= 11 is 3.38. The molecule has 0 fully saturated rings. The van der Waals surface area contributed by atoms with Crippen molar-refractivity contribution in [1.82, 2.24) is 4.90 Å². The highest BCUT2D eigenvalue weighted by Gasteiger charge is 2.18. The van der Waals surface area contributed by atoms with Crippen LogP contribution in [0.25, 0.3) is 0 Å². The van der Waals surface area contributed by atoms with Crippen molar-refractivity contribution in [3.05, 3.63) is 29.8 Å². The number of carbonyl (C=O) groups is 2. The Labute approximate surface area is 128 Å². The second-order valence-electron chi connectivity index (χ2n) is 5.21. The summed E-state index contributed by atoms with van der Waals surface area (Å²) in [4.78, 5) is 24.6. The van der Waals surface area contributed by atoms with Gasteiger partial charge in [-0.15, -0.1) is 0 Å². The topological polar surface area (TPSA) is 49.4 Å². The van der Waals surface area contributed by atoms with E-state index in [9.17, 15) is 9.59 Å². The number of halogens is 1. The number of benzene rings is 1. The average Bonchev–Trinajstić information content (AvgIpc) is 2.37. The van der Waals surface area contributed by atoms with E-state index in [1.165, 1.54) is 6.92 Å². The van der Waals surface area contributed by atoms with Crippen molar-refractivity contribution in [1.29, 1.82) is 0 Å². The molecule has 4 nitrogen and oxygen atoms in total. The van der Waals surface area contributed by atoms with E-state index in [-0.39, 0.29) is 22.6 Å². The van der Waals surface area contributed by atoms with Gasteiger partial charge in [-0.25, -0.2) is 0 Å². The van der Waals surface area contributed by atoms with Crippen LogP contribution in [0.4, 0.5) is 5.69 Å². The minimum atomic E-state index is -0.217. The smallest absolute Gasteiger partial charge is 0.238 e. The maximum atomic E-state index is 12.0. The van der Waals surface area contributed by atoms with Gasteiger partial charge >= 0.3 is 0 Å². The summed E-state index contributed by atoms with van der Waals surface area (Å²) in [6.07, 6.45) is 0. The molecule has 110 valence electrons. The highest BCUT2D eigenvalue weighted by atomic mass is 79.9. The fraction of sp³-hybridized carbons (Fsp3) is 0.467. The molecule has 0 aromatic heterocycles. The van der Waals surface area contributed by atoms with E-state index in [1.54, 1.807) is 11.9 Å². The summed E-state index contributed by atoms with van der Waals surface area (Å²) in [6, 6.07) is 7.54. The van der Waals surface area contributed by atoms with E-state index in [0.717, 1.165) is 11.3 Å². The predicted molar refractivity (Wildman–Crippen MR) is 84.8 cm³/mol. The molecule has 1 rings (SSSR count). The van der Waals surface area contributed by atoms with E-state index in [2.05, 4.69) is 21.2 Å². The zero-order chi connectivity index (χ0) is 15.3. The minimum Gasteiger partial charge on any atom is -0.342 e. The van der Waals surface area contributed by atoms with Gasteiger partial charge in [0.15, 0.2) is 0 Å². The third-order valence-electron chi connectivity index (χ3n) is 2.99. The van der Waals surface area contributed by atoms with Gasteiger partial charge in [0.05, 0.1) is 4.83 Å². The van der Waals surface area contributed by atoms with Gasteiger partial charge in [0.1, 0.15) is 0 Å². The predicted octanol–water partition coefficient (Wildman–Crippen LogP) is 3.02. The Morgan fingerprint density at radius 1 is 1.35 bits per heavy atom. The first-order valence-electron chi connectivity index (χ1n) is 6.57. The van der Waals surface area contributed by atoms with Gasteiger partial charge in [-0.05, 0) is 23.6 Å². The summed E-state index contributed by atoms with van der Waals surface area (Å²) in [6.45, 7) is 6.03. The van der Waals surface area contributed by atoms with E-state index in [0.29, 0.717) is 6.54 Å². The van der Waals surface area contributed by atoms with E-state index >= 15 is 0 Å². The molecule has 5 heteroatoms. The van der Waals surface area contributed by atoms with Crippen molar-refractivity contribution in [2.75, 3.05) is 12.4 Å². The molecular formula is C15H21BrN2O2. The lowest BCUT2D eigenvalue weighted by atomic mass is 10.1. The lowest BCUT2D eigenvalue weighted by Crippen LogP contribution is -2.27. The monoisotopic (exact) mass is 340 g/mol. The first-order valence-corrected chi connectivity index (χ1v) is 7.48. The molecule has 0 saturated carbocycles. The molecule has 1 aromatic carbocycles. The van der Waals surface area contributed by atoms with Crippen LogP contribution in [-0.2, 0) is 16.1 Å². The van der Waals surface area contributed by atoms with E-state index < -0.39 is 0 Å². The number of alkyl halides is 1. The Morgan fingerprint density at radius 2 is 2.00 bits per heavy atom. The van der Waals surface area contributed by atoms with Crippen LogP contribution in [0.3, 0.4) is 0 Å². The van der Waals surface area contributed by atoms with Crippen LogP contribution in [0.5, 0.6) is 0 Å². The van der Waals surface area contributed by atoms with Crippen molar-refractivity contribution < 1.29 is 9.59 Å². The molecule has 1 aromatic rings. The zero-order valence-electron chi connectivity index (χ0n) is 12.3. The molecule has 0 bridgehead atoms. The van der Waals surface area contributed by atoms with Crippen LogP contribution in [0.2, 0.25) is 0 Å². The van der Waals surface area contributed by atoms with Crippen LogP contribution in [0.15, 0.2) is 24.3 Å². The van der Waals surface area contributed by atoms with E-state index in [1.807, 2.05) is 38.1 Å². The second-order valence-corrected chi connectivity index (χ2v) is 6.20. The molecule has 0 saturated heterocycles. The second kappa shape index (κ2) is 7.43. The lowest BCUT2D eigenvalue weighted by Gasteiger charge is -2.17. The Bertz CT molecular complexity index is 489. The number of nitrogens with zero attached hydrogens (tertiary/aromatic N) is 1. The summed E-state index contributed by atoms with van der Waals surface area (Å²) in [7, 11) is 1.75. The van der Waals surface area contributed by atoms with Gasteiger partial charge in [0, 0.05) is 26.2 Å². The van der Waals surface area contributed by atoms with Crippen molar-refractivity contribution in [2.24, 2.45) is 5.92 Å². The van der Waals surface area contributed by atoms with Crippen molar-refractivity contribution in [2.45, 2.75) is 32.1 Å². The highest BCUT2D eigenvalue weighted by molar-refractivity contribution is 9.10. The van der Waals surface area contributed by atoms with E-state index in [4.69, 9.17) is 0 Å². The number of anilines is 1. The molecule has 0 spiro atoms. The maximum absolute atomic E-state index is 12.0. The third kappa shape index (κ3) is 4.96. The molecule has 0 aliphatic heterocycles. The van der Waals surface area contributed by atoms with Crippen LogP contribution in [0, 0.1) is 5.92 Å². The van der Waals surface area contributed by atoms with Gasteiger partial charge < -0.3 is 10.2 Å². The molecule has 20 heavy (non-hydrogen) atoms. The van der Waals surface area contributed by atoms with Crippen LogP contribution < -0.4 is 5.32 Å². The van der Waals surface area contributed by atoms with Gasteiger partial charge in [-0.3, -0.25) is 9.59 Å². The molecule has 1 N–H and O–H groups in total. The van der Waals surface area contributed by atoms with Crippen molar-refractivity contribution in [3.8, 4) is 0 Å². The largest absolute Gasteiger partial charge is 0.342 e.